The summed E-state index contributed by atoms with van der Waals surface area (Å²) in [7, 11) is -4.99. The van der Waals surface area contributed by atoms with Gasteiger partial charge in [-0.25, -0.2) is 14.5 Å². The highest BCUT2D eigenvalue weighted by Gasteiger charge is 2.48. The molecule has 0 aromatic carbocycles. The molecule has 24 heteroatoms. The maximum atomic E-state index is 12.6. The molecule has 2 fully saturated rings. The summed E-state index contributed by atoms with van der Waals surface area (Å²) >= 11 is 0. The van der Waals surface area contributed by atoms with Crippen LogP contribution in [0.1, 0.15) is 12.5 Å². The third kappa shape index (κ3) is 5.24. The number of nitrogens with zero attached hydrogens (tertiary/aromatic N) is 6. The Bertz CT molecular complexity index is 1860. The molecule has 6 heterocycles. The Hall–Kier alpha value is -3.87. The molecule has 2 aliphatic rings. The molecule has 0 radical (unpaired) electrons. The van der Waals surface area contributed by atoms with Gasteiger partial charge in [0.2, 0.25) is 11.9 Å². The summed E-state index contributed by atoms with van der Waals surface area (Å²) in [6.07, 6.45) is -7.68. The number of hydrogen-bond donors (Lipinski definition) is 10. The van der Waals surface area contributed by atoms with Crippen molar-refractivity contribution in [2.75, 3.05) is 24.7 Å². The number of aliphatic hydroxyl groups excluding tert-OH is 4. The number of phosphoric acid groups is 1. The van der Waals surface area contributed by atoms with Crippen LogP contribution in [-0.4, -0.2) is 114 Å². The largest absolute Gasteiger partial charge is 0.488 e. The van der Waals surface area contributed by atoms with Gasteiger partial charge in [-0.1, -0.05) is 0 Å². The number of anilines is 2. The molecule has 4 aromatic rings. The number of hydroxylamine groups is 1. The van der Waals surface area contributed by atoms with E-state index >= 15 is 0 Å². The van der Waals surface area contributed by atoms with E-state index in [0.717, 1.165) is 17.2 Å². The molecule has 12 N–H and O–H groups in total. The summed E-state index contributed by atoms with van der Waals surface area (Å²) in [6.45, 7) is -1.45. The second-order valence-electron chi connectivity index (χ2n) is 9.83. The van der Waals surface area contributed by atoms with Crippen LogP contribution in [0.5, 0.6) is 0 Å². The Morgan fingerprint density at radius 1 is 0.909 bits per heavy atom. The summed E-state index contributed by atoms with van der Waals surface area (Å²) in [5.41, 5.74) is 11.8. The Morgan fingerprint density at radius 3 is 1.98 bits per heavy atom. The maximum Gasteiger partial charge on any atom is 0.488 e. The molecular weight excluding hydrogens is 617 g/mol. The van der Waals surface area contributed by atoms with Crippen LogP contribution in [0.3, 0.4) is 0 Å². The zero-order chi connectivity index (χ0) is 31.5. The van der Waals surface area contributed by atoms with E-state index in [0.29, 0.717) is 0 Å². The number of hydrogen-bond acceptors (Lipinski definition) is 18. The van der Waals surface area contributed by atoms with Gasteiger partial charge in [0.05, 0.1) is 31.9 Å². The molecule has 0 saturated carbocycles. The predicted molar refractivity (Wildman–Crippen MR) is 142 cm³/mol. The van der Waals surface area contributed by atoms with E-state index in [1.54, 1.807) is 0 Å². The van der Waals surface area contributed by atoms with Crippen molar-refractivity contribution in [3.8, 4) is 0 Å². The average molecular weight is 643 g/mol. The lowest BCUT2D eigenvalue weighted by atomic mass is 10.1. The van der Waals surface area contributed by atoms with Crippen LogP contribution in [0, 0.1) is 0 Å². The van der Waals surface area contributed by atoms with Gasteiger partial charge in [-0.3, -0.25) is 33.2 Å². The van der Waals surface area contributed by atoms with Gasteiger partial charge < -0.3 is 46.3 Å². The predicted octanol–water partition coefficient (Wildman–Crippen LogP) is -4.71. The molecule has 4 aromatic heterocycles. The lowest BCUT2D eigenvalue weighted by molar-refractivity contribution is -0.0558. The van der Waals surface area contributed by atoms with Crippen molar-refractivity contribution >= 4 is 42.0 Å². The molecule has 23 nitrogen and oxygen atoms in total. The zero-order valence-electron chi connectivity index (χ0n) is 22.1. The summed E-state index contributed by atoms with van der Waals surface area (Å²) < 4.78 is 36.0. The van der Waals surface area contributed by atoms with Crippen molar-refractivity contribution in [2.45, 2.75) is 49.0 Å². The first-order valence-corrected chi connectivity index (χ1v) is 14.2. The van der Waals surface area contributed by atoms with Crippen molar-refractivity contribution in [1.29, 1.82) is 0 Å². The van der Waals surface area contributed by atoms with Gasteiger partial charge in [-0.05, 0) is 0 Å². The summed E-state index contributed by atoms with van der Waals surface area (Å²) in [5, 5.41) is 41.7. The minimum atomic E-state index is -4.99. The number of aromatic amines is 2. The fourth-order valence-electron chi connectivity index (χ4n) is 4.95. The van der Waals surface area contributed by atoms with Gasteiger partial charge in [0.1, 0.15) is 30.5 Å². The number of nitrogens with two attached hydrogens (primary N) is 2. The molecule has 0 bridgehead atoms. The molecule has 0 spiro atoms. The number of rotatable bonds is 9. The lowest BCUT2D eigenvalue weighted by Gasteiger charge is -2.22. The van der Waals surface area contributed by atoms with Gasteiger partial charge in [-0.15, -0.1) is 0 Å². The highest BCUT2D eigenvalue weighted by molar-refractivity contribution is 7.47. The molecule has 2 aliphatic heterocycles. The molecule has 1 unspecified atom stereocenters. The molecule has 9 atom stereocenters. The normalized spacial score (nSPS) is 30.4. The first-order valence-electron chi connectivity index (χ1n) is 12.7. The van der Waals surface area contributed by atoms with E-state index in [2.05, 4.69) is 35.4 Å². The van der Waals surface area contributed by atoms with Crippen LogP contribution < -0.4 is 28.1 Å². The molecule has 0 aliphatic carbocycles. The topological polar surface area (TPSA) is 346 Å². The molecule has 2 saturated heterocycles. The zero-order valence-corrected chi connectivity index (χ0v) is 23.0. The van der Waals surface area contributed by atoms with Gasteiger partial charge >= 0.3 is 7.82 Å². The number of fused-ring (bicyclic) bond motifs is 2. The Balaban J connectivity index is 1.10. The highest BCUT2D eigenvalue weighted by Crippen LogP contribution is 2.44. The maximum absolute atomic E-state index is 12.6. The van der Waals surface area contributed by atoms with E-state index in [4.69, 9.17) is 30.1 Å². The molecular formula is C20H26N11O12P. The number of nitrogens with one attached hydrogen (secondary N) is 3. The molecule has 6 rings (SSSR count). The quantitative estimate of drug-likeness (QED) is 0.0604. The first-order chi connectivity index (χ1) is 20.9. The van der Waals surface area contributed by atoms with Crippen LogP contribution in [0.15, 0.2) is 22.2 Å². The number of phosphoric ester groups is 1. The standard InChI is InChI=1S/C20H26N11O12P/c21-19-25-13-8(15(36)27-19)23-3-30(13)17-11(34)7(5(1-32)41-17)29-43-44(38,39)40-2-6-10(33)12(35)18(42-6)31-4-24-9-14(31)26-20(22)28-16(9)37/h3-7,10-12,17-18,29,32-35H,1-2H2,(H,38,39)(H3,21,25,27,36)(H3,22,26,28,37)/t5-,6-,7-,10-,11-,12-,17-,18-/m1/s1. The van der Waals surface area contributed by atoms with E-state index < -0.39 is 81.2 Å². The Morgan fingerprint density at radius 2 is 1.43 bits per heavy atom. The minimum absolute atomic E-state index is 0.0323. The van der Waals surface area contributed by atoms with E-state index in [1.807, 2.05) is 0 Å². The third-order valence-corrected chi connectivity index (χ3v) is 7.86. The monoisotopic (exact) mass is 643 g/mol. The van der Waals surface area contributed by atoms with Crippen LogP contribution in [0.4, 0.5) is 11.9 Å². The van der Waals surface area contributed by atoms with E-state index in [9.17, 15) is 39.5 Å². The fourth-order valence-corrected chi connectivity index (χ4v) is 5.59. The van der Waals surface area contributed by atoms with Gasteiger partial charge in [0, 0.05) is 0 Å². The summed E-state index contributed by atoms with van der Waals surface area (Å²) in [4.78, 5) is 54.7. The van der Waals surface area contributed by atoms with Crippen molar-refractivity contribution < 1.29 is 48.5 Å². The van der Waals surface area contributed by atoms with Crippen LogP contribution in [0.25, 0.3) is 22.3 Å². The Kier molecular flexibility index (Phi) is 7.71. The SMILES string of the molecule is Nc1nc2c(ncn2[C@@H]2O[C@H](COP(=O)(O)ON[C@H]3[C@@H](O)[C@H](n4cnc5c(=O)[nH]c(N)nc54)O[C@@H]3CO)[C@@H](O)[C@H]2O)c(=O)[nH]1. The summed E-state index contributed by atoms with van der Waals surface area (Å²) in [6, 6.07) is -1.32. The lowest BCUT2D eigenvalue weighted by Crippen LogP contribution is -2.45. The average Bonchev–Trinajstić information content (AvgIpc) is 3.71. The third-order valence-electron chi connectivity index (χ3n) is 7.05. The highest BCUT2D eigenvalue weighted by atomic mass is 31.2. The first kappa shape index (κ1) is 30.2. The Labute approximate surface area is 242 Å². The number of H-pyrrole nitrogens is 2. The van der Waals surface area contributed by atoms with Gasteiger partial charge in [0.25, 0.3) is 11.1 Å². The number of nitrogen functional groups attached to an aromatic ring is 2. The minimum Gasteiger partial charge on any atom is -0.394 e. The molecule has 44 heavy (non-hydrogen) atoms. The second-order valence-corrected chi connectivity index (χ2v) is 11.2. The van der Waals surface area contributed by atoms with Gasteiger partial charge in [0.15, 0.2) is 34.8 Å². The van der Waals surface area contributed by atoms with E-state index in [1.165, 1.54) is 4.57 Å². The fraction of sp³-hybridized carbons (Fsp3) is 0.500. The van der Waals surface area contributed by atoms with Crippen molar-refractivity contribution in [3.63, 3.8) is 0 Å². The summed E-state index contributed by atoms with van der Waals surface area (Å²) in [5.74, 6) is -0.456. The number of aromatic nitrogens is 8. The second kappa shape index (κ2) is 11.2. The van der Waals surface area contributed by atoms with Crippen molar-refractivity contribution in [1.82, 2.24) is 44.5 Å². The van der Waals surface area contributed by atoms with Gasteiger partial charge in [-0.2, -0.15) is 20.1 Å². The van der Waals surface area contributed by atoms with Crippen molar-refractivity contribution in [3.05, 3.63) is 33.4 Å². The van der Waals surface area contributed by atoms with Crippen molar-refractivity contribution in [2.24, 2.45) is 0 Å². The number of ether oxygens (including phenoxy) is 2. The van der Waals surface area contributed by atoms with Crippen LogP contribution >= 0.6 is 7.82 Å². The smallest absolute Gasteiger partial charge is 0.394 e. The molecule has 0 amide bonds. The number of aliphatic hydroxyl groups is 4. The van der Waals surface area contributed by atoms with Crippen LogP contribution in [0.2, 0.25) is 0 Å². The van der Waals surface area contributed by atoms with Crippen LogP contribution in [-0.2, 0) is 23.2 Å². The van der Waals surface area contributed by atoms with E-state index in [-0.39, 0.29) is 34.2 Å². The number of imidazole rings is 2. The molecule has 238 valence electrons.